The van der Waals surface area contributed by atoms with Crippen LogP contribution >= 0.6 is 0 Å². The van der Waals surface area contributed by atoms with Gasteiger partial charge in [0.05, 0.1) is 0 Å². The van der Waals surface area contributed by atoms with Crippen molar-refractivity contribution in [1.29, 1.82) is 0 Å². The molecular weight excluding hydrogens is 222 g/mol. The fourth-order valence-corrected chi connectivity index (χ4v) is 2.11. The van der Waals surface area contributed by atoms with Crippen LogP contribution in [0.2, 0.25) is 0 Å². The van der Waals surface area contributed by atoms with E-state index in [0.29, 0.717) is 0 Å². The molecule has 1 aromatic heterocycles. The van der Waals surface area contributed by atoms with Crippen molar-refractivity contribution in [2.45, 2.75) is 19.8 Å². The van der Waals surface area contributed by atoms with Crippen LogP contribution in [0.1, 0.15) is 19.2 Å². The fourth-order valence-electron chi connectivity index (χ4n) is 2.11. The quantitative estimate of drug-likeness (QED) is 0.672. The Hall–Kier alpha value is -2.09. The van der Waals surface area contributed by atoms with Crippen molar-refractivity contribution in [3.05, 3.63) is 54.4 Å². The minimum absolute atomic E-state index is 0.831. The third-order valence-electron chi connectivity index (χ3n) is 3.00. The van der Waals surface area contributed by atoms with Gasteiger partial charge in [0.1, 0.15) is 5.52 Å². The molecule has 3 rings (SSSR count). The Morgan fingerprint density at radius 1 is 1.00 bits per heavy atom. The largest absolute Gasteiger partial charge is 0.441 e. The molecule has 2 aromatic carbocycles. The van der Waals surface area contributed by atoms with E-state index in [4.69, 9.17) is 4.42 Å². The molecule has 1 heterocycles. The van der Waals surface area contributed by atoms with Gasteiger partial charge in [0.25, 0.3) is 0 Å². The lowest BCUT2D eigenvalue weighted by molar-refractivity contribution is 0.525. The fraction of sp³-hybridized carbons (Fsp3) is 0.188. The van der Waals surface area contributed by atoms with Gasteiger partial charge in [-0.25, -0.2) is 4.98 Å². The van der Waals surface area contributed by atoms with Crippen LogP contribution in [0.25, 0.3) is 22.2 Å². The van der Waals surface area contributed by atoms with Crippen LogP contribution in [0.3, 0.4) is 0 Å². The smallest absolute Gasteiger partial charge is 0.195 e. The SMILES string of the molecule is CCCc1nc2cc(-c3ccccc3)ccc2o1. The number of aryl methyl sites for hydroxylation is 1. The summed E-state index contributed by atoms with van der Waals surface area (Å²) in [7, 11) is 0. The highest BCUT2D eigenvalue weighted by atomic mass is 16.3. The van der Waals surface area contributed by atoms with Gasteiger partial charge in [-0.2, -0.15) is 0 Å². The van der Waals surface area contributed by atoms with Crippen LogP contribution in [0.5, 0.6) is 0 Å². The first-order valence-electron chi connectivity index (χ1n) is 6.31. The molecule has 2 heteroatoms. The van der Waals surface area contributed by atoms with Crippen LogP contribution in [-0.4, -0.2) is 4.98 Å². The Morgan fingerprint density at radius 2 is 1.83 bits per heavy atom. The molecule has 0 amide bonds. The summed E-state index contributed by atoms with van der Waals surface area (Å²) in [6.45, 7) is 2.13. The molecule has 0 spiro atoms. The Kier molecular flexibility index (Phi) is 2.85. The summed E-state index contributed by atoms with van der Waals surface area (Å²) in [4.78, 5) is 4.52. The number of nitrogens with zero attached hydrogens (tertiary/aromatic N) is 1. The van der Waals surface area contributed by atoms with E-state index in [1.54, 1.807) is 0 Å². The lowest BCUT2D eigenvalue weighted by Gasteiger charge is -1.99. The zero-order chi connectivity index (χ0) is 12.4. The normalized spacial score (nSPS) is 10.9. The van der Waals surface area contributed by atoms with Crippen LogP contribution < -0.4 is 0 Å². The van der Waals surface area contributed by atoms with Gasteiger partial charge in [-0.05, 0) is 29.7 Å². The Balaban J connectivity index is 2.05. The monoisotopic (exact) mass is 237 g/mol. The standard InChI is InChI=1S/C16H15NO/c1-2-6-16-17-14-11-13(9-10-15(14)18-16)12-7-4-3-5-8-12/h3-5,7-11H,2,6H2,1H3. The average molecular weight is 237 g/mol. The molecule has 0 fully saturated rings. The lowest BCUT2D eigenvalue weighted by Crippen LogP contribution is -1.80. The molecule has 0 atom stereocenters. The molecule has 0 unspecified atom stereocenters. The number of hydrogen-bond acceptors (Lipinski definition) is 2. The summed E-state index contributed by atoms with van der Waals surface area (Å²) in [5, 5.41) is 0. The van der Waals surface area contributed by atoms with Gasteiger partial charge in [-0.1, -0.05) is 43.3 Å². The number of aromatic nitrogens is 1. The third-order valence-corrected chi connectivity index (χ3v) is 3.00. The van der Waals surface area contributed by atoms with Crippen molar-refractivity contribution in [3.8, 4) is 11.1 Å². The Labute approximate surface area is 106 Å². The van der Waals surface area contributed by atoms with Crippen LogP contribution in [0.4, 0.5) is 0 Å². The highest BCUT2D eigenvalue weighted by Crippen LogP contribution is 2.24. The molecule has 0 aliphatic rings. The first-order valence-corrected chi connectivity index (χ1v) is 6.31. The van der Waals surface area contributed by atoms with Gasteiger partial charge in [-0.15, -0.1) is 0 Å². The summed E-state index contributed by atoms with van der Waals surface area (Å²) in [5.74, 6) is 0.831. The Bertz CT molecular complexity index is 655. The van der Waals surface area contributed by atoms with E-state index in [2.05, 4.69) is 36.2 Å². The first-order chi connectivity index (χ1) is 8.86. The van der Waals surface area contributed by atoms with E-state index in [9.17, 15) is 0 Å². The van der Waals surface area contributed by atoms with Crippen LogP contribution in [0.15, 0.2) is 52.9 Å². The molecule has 0 aliphatic heterocycles. The average Bonchev–Trinajstić information content (AvgIpc) is 2.81. The maximum absolute atomic E-state index is 5.69. The summed E-state index contributed by atoms with van der Waals surface area (Å²) in [6.07, 6.45) is 1.95. The third kappa shape index (κ3) is 2.02. The molecule has 2 nitrogen and oxygen atoms in total. The van der Waals surface area contributed by atoms with Gasteiger partial charge >= 0.3 is 0 Å². The summed E-state index contributed by atoms with van der Waals surface area (Å²) in [6, 6.07) is 16.5. The highest BCUT2D eigenvalue weighted by Gasteiger charge is 2.06. The molecule has 0 radical (unpaired) electrons. The molecule has 0 saturated carbocycles. The van der Waals surface area contributed by atoms with E-state index < -0.39 is 0 Å². The molecular formula is C16H15NO. The second kappa shape index (κ2) is 4.65. The van der Waals surface area contributed by atoms with Crippen LogP contribution in [0, 0.1) is 0 Å². The highest BCUT2D eigenvalue weighted by molar-refractivity contribution is 5.80. The van der Waals surface area contributed by atoms with Gasteiger partial charge < -0.3 is 4.42 Å². The van der Waals surface area contributed by atoms with Crippen molar-refractivity contribution >= 4 is 11.1 Å². The van der Waals surface area contributed by atoms with Crippen molar-refractivity contribution in [3.63, 3.8) is 0 Å². The van der Waals surface area contributed by atoms with Crippen molar-refractivity contribution < 1.29 is 4.42 Å². The predicted octanol–water partition coefficient (Wildman–Crippen LogP) is 4.45. The molecule has 0 bridgehead atoms. The second-order valence-corrected chi connectivity index (χ2v) is 4.41. The molecule has 18 heavy (non-hydrogen) atoms. The van der Waals surface area contributed by atoms with E-state index in [-0.39, 0.29) is 0 Å². The van der Waals surface area contributed by atoms with E-state index in [0.717, 1.165) is 29.8 Å². The second-order valence-electron chi connectivity index (χ2n) is 4.41. The van der Waals surface area contributed by atoms with E-state index in [1.807, 2.05) is 24.3 Å². The maximum atomic E-state index is 5.69. The zero-order valence-electron chi connectivity index (χ0n) is 10.4. The predicted molar refractivity (Wildman–Crippen MR) is 73.4 cm³/mol. The number of fused-ring (bicyclic) bond motifs is 1. The van der Waals surface area contributed by atoms with Crippen molar-refractivity contribution in [1.82, 2.24) is 4.98 Å². The number of oxazole rings is 1. The van der Waals surface area contributed by atoms with Crippen molar-refractivity contribution in [2.24, 2.45) is 0 Å². The van der Waals surface area contributed by atoms with Crippen LogP contribution in [-0.2, 0) is 6.42 Å². The Morgan fingerprint density at radius 3 is 2.61 bits per heavy atom. The summed E-state index contributed by atoms with van der Waals surface area (Å²) < 4.78 is 5.69. The molecule has 0 aliphatic carbocycles. The number of benzene rings is 2. The van der Waals surface area contributed by atoms with E-state index in [1.165, 1.54) is 11.1 Å². The summed E-state index contributed by atoms with van der Waals surface area (Å²) in [5.41, 5.74) is 4.21. The molecule has 0 saturated heterocycles. The topological polar surface area (TPSA) is 26.0 Å². The lowest BCUT2D eigenvalue weighted by atomic mass is 10.1. The zero-order valence-corrected chi connectivity index (χ0v) is 10.4. The van der Waals surface area contributed by atoms with Gasteiger partial charge in [-0.3, -0.25) is 0 Å². The van der Waals surface area contributed by atoms with E-state index >= 15 is 0 Å². The molecule has 3 aromatic rings. The van der Waals surface area contributed by atoms with Gasteiger partial charge in [0, 0.05) is 6.42 Å². The van der Waals surface area contributed by atoms with Crippen molar-refractivity contribution in [2.75, 3.05) is 0 Å². The minimum Gasteiger partial charge on any atom is -0.441 e. The minimum atomic E-state index is 0.831. The first kappa shape index (κ1) is 11.0. The van der Waals surface area contributed by atoms with Gasteiger partial charge in [0.2, 0.25) is 0 Å². The molecule has 0 N–H and O–H groups in total. The number of hydrogen-bond donors (Lipinski definition) is 0. The number of rotatable bonds is 3. The summed E-state index contributed by atoms with van der Waals surface area (Å²) >= 11 is 0. The maximum Gasteiger partial charge on any atom is 0.195 e. The molecule has 90 valence electrons. The van der Waals surface area contributed by atoms with Gasteiger partial charge in [0.15, 0.2) is 11.5 Å².